The largest absolute Gasteiger partial charge is 0.444 e. The minimum atomic E-state index is -0.764. The van der Waals surface area contributed by atoms with Gasteiger partial charge in [-0.05, 0) is 63.9 Å². The normalized spacial score (nSPS) is 16.0. The van der Waals surface area contributed by atoms with Gasteiger partial charge in [0.1, 0.15) is 16.7 Å². The standard InChI is InChI=1S/C23H29BrN2O4/c1-21(2,3)29-19(27)25-23(13-26(14-23)20(28)30-22(4,5)6)17-11-12-18(24)16-10-8-7-9-15(16)17/h7-12H,13-14H2,1-6H3,(H,25,27). The molecule has 1 aliphatic heterocycles. The van der Waals surface area contributed by atoms with Gasteiger partial charge in [-0.1, -0.05) is 46.3 Å². The average Bonchev–Trinajstić information content (AvgIpc) is 2.55. The van der Waals surface area contributed by atoms with Crippen LogP contribution in [0.25, 0.3) is 10.8 Å². The van der Waals surface area contributed by atoms with E-state index < -0.39 is 28.9 Å². The zero-order valence-electron chi connectivity index (χ0n) is 18.3. The highest BCUT2D eigenvalue weighted by molar-refractivity contribution is 9.10. The molecule has 1 aliphatic rings. The molecule has 1 fully saturated rings. The SMILES string of the molecule is CC(C)(C)OC(=O)NC1(c2ccc(Br)c3ccccc23)CN(C(=O)OC(C)(C)C)C1. The van der Waals surface area contributed by atoms with E-state index >= 15 is 0 Å². The fraction of sp³-hybridized carbons (Fsp3) is 0.478. The van der Waals surface area contributed by atoms with Crippen LogP contribution in [-0.2, 0) is 15.0 Å². The number of alkyl carbamates (subject to hydrolysis) is 1. The molecule has 7 heteroatoms. The number of hydrogen-bond acceptors (Lipinski definition) is 4. The van der Waals surface area contributed by atoms with Crippen molar-refractivity contribution in [3.8, 4) is 0 Å². The second kappa shape index (κ2) is 7.76. The number of halogens is 1. The Morgan fingerprint density at radius 1 is 0.933 bits per heavy atom. The number of amides is 2. The monoisotopic (exact) mass is 476 g/mol. The summed E-state index contributed by atoms with van der Waals surface area (Å²) in [7, 11) is 0. The highest BCUT2D eigenvalue weighted by Gasteiger charge is 2.50. The van der Waals surface area contributed by atoms with Gasteiger partial charge in [0, 0.05) is 4.47 Å². The molecule has 162 valence electrons. The van der Waals surface area contributed by atoms with Crippen LogP contribution in [0.3, 0.4) is 0 Å². The van der Waals surface area contributed by atoms with Crippen LogP contribution in [0.4, 0.5) is 9.59 Å². The third kappa shape index (κ3) is 4.89. The van der Waals surface area contributed by atoms with Crippen molar-refractivity contribution in [2.75, 3.05) is 13.1 Å². The molecule has 0 radical (unpaired) electrons. The smallest absolute Gasteiger partial charge is 0.410 e. The van der Waals surface area contributed by atoms with Crippen molar-refractivity contribution < 1.29 is 19.1 Å². The molecule has 1 N–H and O–H groups in total. The zero-order valence-corrected chi connectivity index (χ0v) is 19.9. The van der Waals surface area contributed by atoms with Crippen molar-refractivity contribution >= 4 is 38.9 Å². The molecule has 30 heavy (non-hydrogen) atoms. The third-order valence-corrected chi connectivity index (χ3v) is 5.39. The molecule has 0 bridgehead atoms. The Labute approximate surface area is 186 Å². The minimum absolute atomic E-state index is 0.298. The number of benzene rings is 2. The maximum atomic E-state index is 12.7. The van der Waals surface area contributed by atoms with E-state index in [4.69, 9.17) is 9.47 Å². The molecule has 6 nitrogen and oxygen atoms in total. The number of fused-ring (bicyclic) bond motifs is 1. The Balaban J connectivity index is 1.96. The molecule has 1 saturated heterocycles. The van der Waals surface area contributed by atoms with Crippen molar-refractivity contribution in [2.45, 2.75) is 58.3 Å². The first-order valence-electron chi connectivity index (χ1n) is 9.96. The third-order valence-electron chi connectivity index (χ3n) is 4.70. The molecule has 2 amide bonds. The Kier molecular flexibility index (Phi) is 5.80. The second-order valence-corrected chi connectivity index (χ2v) is 10.5. The van der Waals surface area contributed by atoms with E-state index in [0.29, 0.717) is 13.1 Å². The summed E-state index contributed by atoms with van der Waals surface area (Å²) in [5.41, 5.74) is -1.04. The second-order valence-electron chi connectivity index (χ2n) is 9.69. The van der Waals surface area contributed by atoms with Crippen molar-refractivity contribution in [2.24, 2.45) is 0 Å². The Morgan fingerprint density at radius 2 is 1.50 bits per heavy atom. The Bertz CT molecular complexity index is 969. The van der Waals surface area contributed by atoms with Gasteiger partial charge >= 0.3 is 12.2 Å². The number of carbonyl (C=O) groups is 2. The minimum Gasteiger partial charge on any atom is -0.444 e. The predicted molar refractivity (Wildman–Crippen MR) is 121 cm³/mol. The molecule has 0 unspecified atom stereocenters. The van der Waals surface area contributed by atoms with Crippen LogP contribution in [-0.4, -0.2) is 41.4 Å². The number of likely N-dealkylation sites (tertiary alicyclic amines) is 1. The van der Waals surface area contributed by atoms with Crippen LogP contribution in [0, 0.1) is 0 Å². The lowest BCUT2D eigenvalue weighted by atomic mass is 9.80. The topological polar surface area (TPSA) is 67.9 Å². The van der Waals surface area contributed by atoms with E-state index in [1.54, 1.807) is 4.90 Å². The zero-order chi connectivity index (χ0) is 22.3. The summed E-state index contributed by atoms with van der Waals surface area (Å²) < 4.78 is 12.0. The molecule has 2 aromatic rings. The van der Waals surface area contributed by atoms with Gasteiger partial charge in [0.05, 0.1) is 13.1 Å². The van der Waals surface area contributed by atoms with Crippen molar-refractivity contribution in [1.82, 2.24) is 10.2 Å². The highest BCUT2D eigenvalue weighted by atomic mass is 79.9. The number of nitrogens with zero attached hydrogens (tertiary/aromatic N) is 1. The average molecular weight is 477 g/mol. The molecular weight excluding hydrogens is 448 g/mol. The lowest BCUT2D eigenvalue weighted by Gasteiger charge is -2.50. The van der Waals surface area contributed by atoms with E-state index in [-0.39, 0.29) is 0 Å². The van der Waals surface area contributed by atoms with Gasteiger partial charge in [0.2, 0.25) is 0 Å². The molecule has 0 spiro atoms. The molecule has 0 saturated carbocycles. The first-order chi connectivity index (χ1) is 13.8. The van der Waals surface area contributed by atoms with Crippen LogP contribution in [0.5, 0.6) is 0 Å². The van der Waals surface area contributed by atoms with Gasteiger partial charge < -0.3 is 19.7 Å². The molecular formula is C23H29BrN2O4. The fourth-order valence-electron chi connectivity index (χ4n) is 3.56. The molecule has 1 heterocycles. The van der Waals surface area contributed by atoms with Crippen molar-refractivity contribution in [3.05, 3.63) is 46.4 Å². The van der Waals surface area contributed by atoms with E-state index in [0.717, 1.165) is 20.8 Å². The number of nitrogens with one attached hydrogen (secondary N) is 1. The number of hydrogen-bond donors (Lipinski definition) is 1. The van der Waals surface area contributed by atoms with Crippen LogP contribution < -0.4 is 5.32 Å². The summed E-state index contributed by atoms with van der Waals surface area (Å²) in [5.74, 6) is 0. The van der Waals surface area contributed by atoms with Crippen LogP contribution in [0.2, 0.25) is 0 Å². The summed E-state index contributed by atoms with van der Waals surface area (Å²) in [6.45, 7) is 11.6. The lowest BCUT2D eigenvalue weighted by Crippen LogP contribution is -2.69. The first kappa shape index (κ1) is 22.4. The van der Waals surface area contributed by atoms with E-state index in [2.05, 4.69) is 21.2 Å². The molecule has 0 atom stereocenters. The van der Waals surface area contributed by atoms with Crippen LogP contribution in [0.1, 0.15) is 47.1 Å². The van der Waals surface area contributed by atoms with Gasteiger partial charge in [-0.25, -0.2) is 9.59 Å². The van der Waals surface area contributed by atoms with Crippen LogP contribution >= 0.6 is 15.9 Å². The highest BCUT2D eigenvalue weighted by Crippen LogP contribution is 2.39. The van der Waals surface area contributed by atoms with E-state index in [1.165, 1.54) is 0 Å². The predicted octanol–water partition coefficient (Wildman–Crippen LogP) is 5.57. The maximum Gasteiger partial charge on any atom is 0.410 e. The number of carbonyl (C=O) groups excluding carboxylic acids is 2. The summed E-state index contributed by atoms with van der Waals surface area (Å²) in [4.78, 5) is 26.8. The molecule has 2 aromatic carbocycles. The molecule has 3 rings (SSSR count). The van der Waals surface area contributed by atoms with Gasteiger partial charge in [0.25, 0.3) is 0 Å². The summed E-state index contributed by atoms with van der Waals surface area (Å²) in [6.07, 6.45) is -0.913. The van der Waals surface area contributed by atoms with Gasteiger partial charge in [-0.3, -0.25) is 0 Å². The first-order valence-corrected chi connectivity index (χ1v) is 10.8. The number of rotatable bonds is 2. The lowest BCUT2D eigenvalue weighted by molar-refractivity contribution is -0.0226. The van der Waals surface area contributed by atoms with Gasteiger partial charge in [0.15, 0.2) is 0 Å². The summed E-state index contributed by atoms with van der Waals surface area (Å²) in [6, 6.07) is 11.9. The summed E-state index contributed by atoms with van der Waals surface area (Å²) in [5, 5.41) is 5.08. The van der Waals surface area contributed by atoms with Gasteiger partial charge in [-0.2, -0.15) is 0 Å². The van der Waals surface area contributed by atoms with E-state index in [9.17, 15) is 9.59 Å². The Morgan fingerprint density at radius 3 is 2.07 bits per heavy atom. The molecule has 0 aromatic heterocycles. The summed E-state index contributed by atoms with van der Waals surface area (Å²) >= 11 is 3.60. The number of ether oxygens (including phenoxy) is 2. The fourth-order valence-corrected chi connectivity index (χ4v) is 4.03. The van der Waals surface area contributed by atoms with Gasteiger partial charge in [-0.15, -0.1) is 0 Å². The Hall–Kier alpha value is -2.28. The van der Waals surface area contributed by atoms with E-state index in [1.807, 2.05) is 77.9 Å². The van der Waals surface area contributed by atoms with Crippen molar-refractivity contribution in [3.63, 3.8) is 0 Å². The van der Waals surface area contributed by atoms with Crippen molar-refractivity contribution in [1.29, 1.82) is 0 Å². The molecule has 0 aliphatic carbocycles. The quantitative estimate of drug-likeness (QED) is 0.614. The van der Waals surface area contributed by atoms with Crippen LogP contribution in [0.15, 0.2) is 40.9 Å². The maximum absolute atomic E-state index is 12.7.